The van der Waals surface area contributed by atoms with Gasteiger partial charge in [0, 0.05) is 0 Å². The van der Waals surface area contributed by atoms with E-state index in [-0.39, 0.29) is 5.92 Å². The lowest BCUT2D eigenvalue weighted by Crippen LogP contribution is -2.13. The number of nitrogens with two attached hydrogens (primary N) is 1. The Hall–Kier alpha value is -0.570. The van der Waals surface area contributed by atoms with Crippen LogP contribution in [-0.4, -0.2) is 17.6 Å². The van der Waals surface area contributed by atoms with Crippen molar-refractivity contribution in [1.29, 1.82) is 0 Å². The molecule has 0 aliphatic carbocycles. The van der Waals surface area contributed by atoms with Crippen molar-refractivity contribution >= 4 is 5.97 Å². The molecule has 114 valence electrons. The first-order valence-electron chi connectivity index (χ1n) is 8.15. The lowest BCUT2D eigenvalue weighted by atomic mass is 9.94. The molecule has 3 N–H and O–H groups in total. The highest BCUT2D eigenvalue weighted by Crippen LogP contribution is 2.19. The fourth-order valence-corrected chi connectivity index (χ4v) is 2.45. The van der Waals surface area contributed by atoms with E-state index in [4.69, 9.17) is 5.73 Å². The number of unbranched alkanes of at least 4 members (excludes halogenated alkanes) is 8. The SMILES string of the molecule is CCCCCCCCC(CCCCCCN)C(=O)O. The molecule has 0 fully saturated rings. The van der Waals surface area contributed by atoms with Crippen molar-refractivity contribution in [2.75, 3.05) is 6.54 Å². The molecular formula is C16H33NO2. The number of aliphatic carboxylic acids is 1. The van der Waals surface area contributed by atoms with Gasteiger partial charge in [0.15, 0.2) is 0 Å². The quantitative estimate of drug-likeness (QED) is 0.462. The summed E-state index contributed by atoms with van der Waals surface area (Å²) in [6, 6.07) is 0. The van der Waals surface area contributed by atoms with Gasteiger partial charge in [0.2, 0.25) is 0 Å². The minimum Gasteiger partial charge on any atom is -0.481 e. The van der Waals surface area contributed by atoms with Gasteiger partial charge in [-0.05, 0) is 25.8 Å². The van der Waals surface area contributed by atoms with Gasteiger partial charge in [0.25, 0.3) is 0 Å². The van der Waals surface area contributed by atoms with E-state index in [1.165, 1.54) is 32.1 Å². The Morgan fingerprint density at radius 3 is 1.84 bits per heavy atom. The van der Waals surface area contributed by atoms with Crippen molar-refractivity contribution in [2.45, 2.75) is 84.0 Å². The largest absolute Gasteiger partial charge is 0.481 e. The van der Waals surface area contributed by atoms with Crippen molar-refractivity contribution in [2.24, 2.45) is 11.7 Å². The van der Waals surface area contributed by atoms with Gasteiger partial charge in [0.1, 0.15) is 0 Å². The van der Waals surface area contributed by atoms with Crippen molar-refractivity contribution in [3.05, 3.63) is 0 Å². The van der Waals surface area contributed by atoms with Gasteiger partial charge < -0.3 is 10.8 Å². The normalized spacial score (nSPS) is 12.5. The van der Waals surface area contributed by atoms with Gasteiger partial charge in [-0.15, -0.1) is 0 Å². The molecular weight excluding hydrogens is 238 g/mol. The zero-order chi connectivity index (χ0) is 14.3. The van der Waals surface area contributed by atoms with Crippen molar-refractivity contribution < 1.29 is 9.90 Å². The summed E-state index contributed by atoms with van der Waals surface area (Å²) in [7, 11) is 0. The molecule has 0 saturated carbocycles. The summed E-state index contributed by atoms with van der Waals surface area (Å²) in [6.07, 6.45) is 13.5. The van der Waals surface area contributed by atoms with Crippen LogP contribution in [0.15, 0.2) is 0 Å². The summed E-state index contributed by atoms with van der Waals surface area (Å²) in [6.45, 7) is 2.96. The second kappa shape index (κ2) is 13.9. The minimum absolute atomic E-state index is 0.121. The predicted octanol–water partition coefficient (Wildman–Crippen LogP) is 4.35. The third kappa shape index (κ3) is 12.2. The van der Waals surface area contributed by atoms with Crippen LogP contribution in [0.3, 0.4) is 0 Å². The molecule has 0 rings (SSSR count). The maximum atomic E-state index is 11.2. The first kappa shape index (κ1) is 18.4. The molecule has 0 aliphatic heterocycles. The van der Waals surface area contributed by atoms with Gasteiger partial charge >= 0.3 is 5.97 Å². The molecule has 0 aromatic rings. The first-order chi connectivity index (χ1) is 9.22. The van der Waals surface area contributed by atoms with Crippen LogP contribution in [-0.2, 0) is 4.79 Å². The number of carboxylic acids is 1. The monoisotopic (exact) mass is 271 g/mol. The molecule has 0 bridgehead atoms. The molecule has 1 unspecified atom stereocenters. The highest BCUT2D eigenvalue weighted by atomic mass is 16.4. The van der Waals surface area contributed by atoms with Gasteiger partial charge in [-0.3, -0.25) is 4.79 Å². The lowest BCUT2D eigenvalue weighted by molar-refractivity contribution is -0.142. The van der Waals surface area contributed by atoms with E-state index >= 15 is 0 Å². The zero-order valence-corrected chi connectivity index (χ0v) is 12.7. The topological polar surface area (TPSA) is 63.3 Å². The Morgan fingerprint density at radius 2 is 1.37 bits per heavy atom. The van der Waals surface area contributed by atoms with E-state index in [2.05, 4.69) is 6.92 Å². The highest BCUT2D eigenvalue weighted by Gasteiger charge is 2.15. The second-order valence-corrected chi connectivity index (χ2v) is 5.58. The van der Waals surface area contributed by atoms with Crippen LogP contribution < -0.4 is 5.73 Å². The highest BCUT2D eigenvalue weighted by molar-refractivity contribution is 5.69. The molecule has 0 radical (unpaired) electrons. The number of hydrogen-bond acceptors (Lipinski definition) is 2. The van der Waals surface area contributed by atoms with Crippen LogP contribution >= 0.6 is 0 Å². The van der Waals surface area contributed by atoms with E-state index in [1.54, 1.807) is 0 Å². The molecule has 19 heavy (non-hydrogen) atoms. The predicted molar refractivity (Wildman–Crippen MR) is 81.3 cm³/mol. The lowest BCUT2D eigenvalue weighted by Gasteiger charge is -2.12. The Balaban J connectivity index is 3.54. The number of carboxylic acid groups (broad SMARTS) is 1. The molecule has 0 aromatic carbocycles. The summed E-state index contributed by atoms with van der Waals surface area (Å²) in [5.74, 6) is -0.726. The van der Waals surface area contributed by atoms with Crippen molar-refractivity contribution in [3.63, 3.8) is 0 Å². The van der Waals surface area contributed by atoms with E-state index in [9.17, 15) is 9.90 Å². The molecule has 3 nitrogen and oxygen atoms in total. The summed E-state index contributed by atoms with van der Waals surface area (Å²) >= 11 is 0. The van der Waals surface area contributed by atoms with Crippen LogP contribution in [0.25, 0.3) is 0 Å². The van der Waals surface area contributed by atoms with Crippen molar-refractivity contribution in [3.8, 4) is 0 Å². The molecule has 0 heterocycles. The van der Waals surface area contributed by atoms with E-state index in [0.29, 0.717) is 0 Å². The molecule has 0 aromatic heterocycles. The standard InChI is InChI=1S/C16H33NO2/c1-2-3-4-5-6-9-12-15(16(18)19)13-10-7-8-11-14-17/h15H,2-14,17H2,1H3,(H,18,19). The Labute approximate surface area is 119 Å². The molecule has 1 atom stereocenters. The average molecular weight is 271 g/mol. The van der Waals surface area contributed by atoms with Gasteiger partial charge in [-0.2, -0.15) is 0 Å². The third-order valence-electron chi connectivity index (χ3n) is 3.76. The summed E-state index contributed by atoms with van der Waals surface area (Å²) in [5.41, 5.74) is 5.44. The van der Waals surface area contributed by atoms with Crippen LogP contribution in [0.1, 0.15) is 84.0 Å². The maximum absolute atomic E-state index is 11.2. The van der Waals surface area contributed by atoms with Crippen molar-refractivity contribution in [1.82, 2.24) is 0 Å². The third-order valence-corrected chi connectivity index (χ3v) is 3.76. The number of rotatable bonds is 14. The van der Waals surface area contributed by atoms with Crippen LogP contribution in [0.2, 0.25) is 0 Å². The Morgan fingerprint density at radius 1 is 0.895 bits per heavy atom. The van der Waals surface area contributed by atoms with Gasteiger partial charge in [0.05, 0.1) is 5.92 Å². The number of carbonyl (C=O) groups is 1. The number of hydrogen-bond donors (Lipinski definition) is 2. The summed E-state index contributed by atoms with van der Waals surface area (Å²) in [4.78, 5) is 11.2. The van der Waals surface area contributed by atoms with Crippen LogP contribution in [0.5, 0.6) is 0 Å². The summed E-state index contributed by atoms with van der Waals surface area (Å²) < 4.78 is 0. The molecule has 0 saturated heterocycles. The minimum atomic E-state index is -0.604. The molecule has 0 spiro atoms. The fraction of sp³-hybridized carbons (Fsp3) is 0.938. The van der Waals surface area contributed by atoms with Gasteiger partial charge in [-0.1, -0.05) is 64.7 Å². The van der Waals surface area contributed by atoms with Crippen LogP contribution in [0, 0.1) is 5.92 Å². The zero-order valence-electron chi connectivity index (χ0n) is 12.7. The van der Waals surface area contributed by atoms with E-state index in [1.807, 2.05) is 0 Å². The second-order valence-electron chi connectivity index (χ2n) is 5.58. The molecule has 0 amide bonds. The first-order valence-corrected chi connectivity index (χ1v) is 8.15. The smallest absolute Gasteiger partial charge is 0.306 e. The van der Waals surface area contributed by atoms with E-state index in [0.717, 1.165) is 51.5 Å². The fourth-order valence-electron chi connectivity index (χ4n) is 2.45. The summed E-state index contributed by atoms with van der Waals surface area (Å²) in [5, 5.41) is 9.20. The Kier molecular flexibility index (Phi) is 13.4. The maximum Gasteiger partial charge on any atom is 0.306 e. The van der Waals surface area contributed by atoms with Crippen LogP contribution in [0.4, 0.5) is 0 Å². The van der Waals surface area contributed by atoms with E-state index < -0.39 is 5.97 Å². The Bertz CT molecular complexity index is 207. The average Bonchev–Trinajstić information content (AvgIpc) is 2.39. The molecule has 3 heteroatoms. The molecule has 0 aliphatic rings. The van der Waals surface area contributed by atoms with Gasteiger partial charge in [-0.25, -0.2) is 0 Å².